The molecule has 7 heteroatoms. The predicted molar refractivity (Wildman–Crippen MR) is 107 cm³/mol. The highest BCUT2D eigenvalue weighted by Crippen LogP contribution is 2.22. The van der Waals surface area contributed by atoms with Crippen molar-refractivity contribution in [3.8, 4) is 0 Å². The van der Waals surface area contributed by atoms with Gasteiger partial charge >= 0.3 is 0 Å². The molecule has 0 atom stereocenters. The van der Waals surface area contributed by atoms with Crippen molar-refractivity contribution >= 4 is 17.7 Å². The Morgan fingerprint density at radius 2 is 1.71 bits per heavy atom. The van der Waals surface area contributed by atoms with Crippen LogP contribution in [0.25, 0.3) is 0 Å². The summed E-state index contributed by atoms with van der Waals surface area (Å²) in [5.41, 5.74) is 1.42. The fourth-order valence-corrected chi connectivity index (χ4v) is 3.86. The zero-order valence-electron chi connectivity index (χ0n) is 16.3. The van der Waals surface area contributed by atoms with Crippen LogP contribution in [0.1, 0.15) is 24.1 Å². The van der Waals surface area contributed by atoms with Gasteiger partial charge in [-0.1, -0.05) is 18.2 Å². The van der Waals surface area contributed by atoms with Crippen LogP contribution in [0.5, 0.6) is 0 Å². The molecule has 1 aromatic heterocycles. The first-order valence-corrected chi connectivity index (χ1v) is 9.97. The molecule has 28 heavy (non-hydrogen) atoms. The van der Waals surface area contributed by atoms with E-state index in [1.165, 1.54) is 18.9 Å². The van der Waals surface area contributed by atoms with Gasteiger partial charge in [0, 0.05) is 51.0 Å². The second kappa shape index (κ2) is 8.12. The summed E-state index contributed by atoms with van der Waals surface area (Å²) in [4.78, 5) is 28.2. The van der Waals surface area contributed by atoms with Gasteiger partial charge in [-0.15, -0.1) is 0 Å². The Morgan fingerprint density at radius 3 is 2.43 bits per heavy atom. The number of aryl methyl sites for hydroxylation is 1. The van der Waals surface area contributed by atoms with Crippen molar-refractivity contribution in [3.63, 3.8) is 0 Å². The van der Waals surface area contributed by atoms with E-state index in [1.807, 2.05) is 17.9 Å². The molecular weight excluding hydrogens is 357 g/mol. The number of benzene rings is 1. The predicted octanol–water partition coefficient (Wildman–Crippen LogP) is 2.42. The average Bonchev–Trinajstić information content (AvgIpc) is 3.24. The summed E-state index contributed by atoms with van der Waals surface area (Å²) < 4.78 is 13.8. The lowest BCUT2D eigenvalue weighted by Gasteiger charge is -2.36. The van der Waals surface area contributed by atoms with Crippen LogP contribution in [-0.4, -0.2) is 60.0 Å². The lowest BCUT2D eigenvalue weighted by molar-refractivity contribution is -0.130. The molecule has 2 saturated heterocycles. The van der Waals surface area contributed by atoms with E-state index in [9.17, 15) is 9.18 Å². The number of carbonyl (C=O) groups excluding carboxylic acids is 1. The van der Waals surface area contributed by atoms with Crippen LogP contribution in [0.2, 0.25) is 0 Å². The van der Waals surface area contributed by atoms with Gasteiger partial charge in [-0.2, -0.15) is 4.98 Å². The second-order valence-corrected chi connectivity index (χ2v) is 7.50. The number of nitrogens with zero attached hydrogens (tertiary/aromatic N) is 5. The molecule has 2 aliphatic rings. The molecule has 4 rings (SSSR count). The van der Waals surface area contributed by atoms with Crippen LogP contribution in [0.4, 0.5) is 16.2 Å². The van der Waals surface area contributed by atoms with Gasteiger partial charge in [0.15, 0.2) is 0 Å². The third-order valence-electron chi connectivity index (χ3n) is 5.47. The zero-order valence-corrected chi connectivity index (χ0v) is 16.3. The van der Waals surface area contributed by atoms with Crippen LogP contribution in [0.3, 0.4) is 0 Å². The number of halogens is 1. The molecule has 0 spiro atoms. The number of anilines is 2. The topological polar surface area (TPSA) is 52.6 Å². The first-order chi connectivity index (χ1) is 13.6. The summed E-state index contributed by atoms with van der Waals surface area (Å²) in [6.07, 6.45) is 2.49. The van der Waals surface area contributed by atoms with E-state index in [-0.39, 0.29) is 18.1 Å². The largest absolute Gasteiger partial charge is 0.353 e. The molecule has 0 bridgehead atoms. The number of rotatable bonds is 4. The fourth-order valence-electron chi connectivity index (χ4n) is 3.86. The molecule has 0 N–H and O–H groups in total. The molecule has 1 aromatic carbocycles. The van der Waals surface area contributed by atoms with Crippen LogP contribution in [0, 0.1) is 12.7 Å². The van der Waals surface area contributed by atoms with E-state index < -0.39 is 0 Å². The highest BCUT2D eigenvalue weighted by atomic mass is 19.1. The van der Waals surface area contributed by atoms with Crippen molar-refractivity contribution in [2.24, 2.45) is 0 Å². The maximum absolute atomic E-state index is 13.8. The molecular formula is C21H26FN5O. The molecule has 148 valence electrons. The first-order valence-electron chi connectivity index (χ1n) is 9.97. The van der Waals surface area contributed by atoms with Gasteiger partial charge in [-0.25, -0.2) is 9.37 Å². The van der Waals surface area contributed by atoms with Crippen LogP contribution in [0.15, 0.2) is 30.3 Å². The Bertz CT molecular complexity index is 844. The number of piperazine rings is 1. The van der Waals surface area contributed by atoms with Gasteiger partial charge < -0.3 is 14.7 Å². The number of hydrogen-bond donors (Lipinski definition) is 0. The van der Waals surface area contributed by atoms with E-state index in [0.717, 1.165) is 43.6 Å². The van der Waals surface area contributed by atoms with Crippen molar-refractivity contribution < 1.29 is 9.18 Å². The molecule has 0 saturated carbocycles. The Labute approximate surface area is 165 Å². The Balaban J connectivity index is 1.39. The lowest BCUT2D eigenvalue weighted by atomic mass is 10.1. The maximum atomic E-state index is 13.8. The van der Waals surface area contributed by atoms with E-state index in [4.69, 9.17) is 4.98 Å². The minimum Gasteiger partial charge on any atom is -0.353 e. The summed E-state index contributed by atoms with van der Waals surface area (Å²) in [6.45, 7) is 6.71. The molecule has 2 fully saturated rings. The standard InChI is InChI=1S/C21H26FN5O/c1-16-14-19(24-21(23-16)27-8-4-5-9-27)25-10-12-26(13-11-25)20(28)15-17-6-2-3-7-18(17)22/h2-3,6-7,14H,4-5,8-13,15H2,1H3. The van der Waals surface area contributed by atoms with Gasteiger partial charge in [0.05, 0.1) is 6.42 Å². The molecule has 2 aromatic rings. The molecule has 2 aliphatic heterocycles. The van der Waals surface area contributed by atoms with E-state index in [2.05, 4.69) is 14.8 Å². The highest BCUT2D eigenvalue weighted by Gasteiger charge is 2.24. The fraction of sp³-hybridized carbons (Fsp3) is 0.476. The number of hydrogen-bond acceptors (Lipinski definition) is 5. The van der Waals surface area contributed by atoms with Crippen molar-refractivity contribution in [3.05, 3.63) is 47.4 Å². The van der Waals surface area contributed by atoms with E-state index in [1.54, 1.807) is 18.2 Å². The smallest absolute Gasteiger partial charge is 0.227 e. The molecule has 0 radical (unpaired) electrons. The van der Waals surface area contributed by atoms with Crippen LogP contribution >= 0.6 is 0 Å². The third-order valence-corrected chi connectivity index (χ3v) is 5.47. The number of aromatic nitrogens is 2. The lowest BCUT2D eigenvalue weighted by Crippen LogP contribution is -2.49. The minimum atomic E-state index is -0.319. The van der Waals surface area contributed by atoms with Gasteiger partial charge in [-0.05, 0) is 31.4 Å². The van der Waals surface area contributed by atoms with Crippen molar-refractivity contribution in [1.82, 2.24) is 14.9 Å². The molecule has 3 heterocycles. The zero-order chi connectivity index (χ0) is 19.5. The first kappa shape index (κ1) is 18.7. The van der Waals surface area contributed by atoms with Crippen LogP contribution < -0.4 is 9.80 Å². The highest BCUT2D eigenvalue weighted by molar-refractivity contribution is 5.79. The number of amides is 1. The molecule has 1 amide bonds. The van der Waals surface area contributed by atoms with Gasteiger partial charge in [0.2, 0.25) is 11.9 Å². The molecule has 0 aliphatic carbocycles. The van der Waals surface area contributed by atoms with Crippen molar-refractivity contribution in [1.29, 1.82) is 0 Å². The second-order valence-electron chi connectivity index (χ2n) is 7.50. The van der Waals surface area contributed by atoms with Crippen molar-refractivity contribution in [2.45, 2.75) is 26.2 Å². The average molecular weight is 383 g/mol. The molecule has 0 unspecified atom stereocenters. The summed E-state index contributed by atoms with van der Waals surface area (Å²) >= 11 is 0. The van der Waals surface area contributed by atoms with Gasteiger partial charge in [0.1, 0.15) is 11.6 Å². The Hall–Kier alpha value is -2.70. The summed E-state index contributed by atoms with van der Waals surface area (Å²) in [5.74, 6) is 1.39. The van der Waals surface area contributed by atoms with Crippen LogP contribution in [-0.2, 0) is 11.2 Å². The Morgan fingerprint density at radius 1 is 1.00 bits per heavy atom. The molecule has 6 nitrogen and oxygen atoms in total. The van der Waals surface area contributed by atoms with E-state index in [0.29, 0.717) is 18.7 Å². The summed E-state index contributed by atoms with van der Waals surface area (Å²) in [6, 6.07) is 8.49. The minimum absolute atomic E-state index is 0.0265. The van der Waals surface area contributed by atoms with Gasteiger partial charge in [-0.3, -0.25) is 4.79 Å². The quantitative estimate of drug-likeness (QED) is 0.812. The third kappa shape index (κ3) is 4.08. The number of carbonyl (C=O) groups is 1. The monoisotopic (exact) mass is 383 g/mol. The van der Waals surface area contributed by atoms with Gasteiger partial charge in [0.25, 0.3) is 0 Å². The summed E-state index contributed by atoms with van der Waals surface area (Å²) in [5, 5.41) is 0. The normalized spacial score (nSPS) is 17.3. The van der Waals surface area contributed by atoms with E-state index >= 15 is 0 Å². The SMILES string of the molecule is Cc1cc(N2CCN(C(=O)Cc3ccccc3F)CC2)nc(N2CCCC2)n1. The summed E-state index contributed by atoms with van der Waals surface area (Å²) in [7, 11) is 0. The van der Waals surface area contributed by atoms with Crippen molar-refractivity contribution in [2.75, 3.05) is 49.1 Å². The maximum Gasteiger partial charge on any atom is 0.227 e. The Kier molecular flexibility index (Phi) is 5.41.